The van der Waals surface area contributed by atoms with E-state index in [-0.39, 0.29) is 11.8 Å². The molecule has 1 unspecified atom stereocenters. The first kappa shape index (κ1) is 14.6. The molecule has 0 saturated carbocycles. The molecule has 0 saturated heterocycles. The van der Waals surface area contributed by atoms with Gasteiger partial charge in [-0.05, 0) is 23.8 Å². The summed E-state index contributed by atoms with van der Waals surface area (Å²) in [5.74, 6) is 2.05. The summed E-state index contributed by atoms with van der Waals surface area (Å²) in [5, 5.41) is 0. The molecule has 0 spiro atoms. The molecule has 2 aliphatic rings. The number of fused-ring (bicyclic) bond motifs is 2. The molecule has 1 atom stereocenters. The smallest absolute Gasteiger partial charge is 0.181 e. The van der Waals surface area contributed by atoms with Crippen molar-refractivity contribution in [3.05, 3.63) is 78.1 Å². The number of likely N-dealkylation sites (N-methyl/N-ethyl adjacent to an activating group) is 1. The van der Waals surface area contributed by atoms with E-state index >= 15 is 0 Å². The maximum Gasteiger partial charge on any atom is 0.181 e. The molecule has 0 radical (unpaired) electrons. The number of hydrogen-bond acceptors (Lipinski definition) is 4. The minimum absolute atomic E-state index is 0.0358. The maximum atomic E-state index is 11.6. The summed E-state index contributed by atoms with van der Waals surface area (Å²) < 4.78 is 11.8. The number of benzene rings is 2. The van der Waals surface area contributed by atoms with E-state index in [1.54, 1.807) is 12.2 Å². The molecular weight excluding hydrogens is 302 g/mol. The summed E-state index contributed by atoms with van der Waals surface area (Å²) in [4.78, 5) is 13.7. The Morgan fingerprint density at radius 1 is 1.17 bits per heavy atom. The molecule has 0 aromatic heterocycles. The third-order valence-corrected chi connectivity index (χ3v) is 4.22. The van der Waals surface area contributed by atoms with Crippen LogP contribution in [0, 0.1) is 0 Å². The summed E-state index contributed by atoms with van der Waals surface area (Å²) in [5.41, 5.74) is 2.09. The monoisotopic (exact) mass is 319 g/mol. The van der Waals surface area contributed by atoms with Gasteiger partial charge in [-0.1, -0.05) is 36.4 Å². The zero-order valence-electron chi connectivity index (χ0n) is 13.3. The first-order chi connectivity index (χ1) is 11.7. The fourth-order valence-corrected chi connectivity index (χ4v) is 2.94. The molecule has 0 bridgehead atoms. The van der Waals surface area contributed by atoms with Crippen molar-refractivity contribution in [2.24, 2.45) is 0 Å². The highest BCUT2D eigenvalue weighted by molar-refractivity contribution is 6.01. The molecule has 0 fully saturated rings. The zero-order valence-corrected chi connectivity index (χ0v) is 13.3. The molecule has 2 aromatic carbocycles. The molecular formula is C20H17NO3. The summed E-state index contributed by atoms with van der Waals surface area (Å²) in [6.07, 6.45) is 4.98. The molecule has 4 nitrogen and oxygen atoms in total. The summed E-state index contributed by atoms with van der Waals surface area (Å²) >= 11 is 0. The Kier molecular flexibility index (Phi) is 3.58. The molecule has 24 heavy (non-hydrogen) atoms. The normalized spacial score (nSPS) is 18.4. The number of nitrogens with zero attached hydrogens (tertiary/aromatic N) is 1. The quantitative estimate of drug-likeness (QED) is 0.868. The van der Waals surface area contributed by atoms with E-state index in [1.807, 2.05) is 61.7 Å². The lowest BCUT2D eigenvalue weighted by Crippen LogP contribution is -2.38. The van der Waals surface area contributed by atoms with Crippen molar-refractivity contribution in [2.75, 3.05) is 11.9 Å². The second-order valence-electron chi connectivity index (χ2n) is 5.87. The van der Waals surface area contributed by atoms with Crippen LogP contribution < -0.4 is 14.4 Å². The van der Waals surface area contributed by atoms with E-state index in [2.05, 4.69) is 4.90 Å². The van der Waals surface area contributed by atoms with Crippen LogP contribution in [-0.4, -0.2) is 18.9 Å². The summed E-state index contributed by atoms with van der Waals surface area (Å²) in [6.45, 7) is 0.502. The van der Waals surface area contributed by atoms with E-state index < -0.39 is 0 Å². The van der Waals surface area contributed by atoms with Crippen LogP contribution in [0.4, 0.5) is 5.69 Å². The largest absolute Gasteiger partial charge is 0.489 e. The lowest BCUT2D eigenvalue weighted by Gasteiger charge is -2.36. The first-order valence-corrected chi connectivity index (χ1v) is 7.86. The van der Waals surface area contributed by atoms with Gasteiger partial charge in [0, 0.05) is 19.2 Å². The van der Waals surface area contributed by atoms with Gasteiger partial charge < -0.3 is 14.4 Å². The van der Waals surface area contributed by atoms with E-state index in [0.717, 1.165) is 17.0 Å². The Bertz CT molecular complexity index is 839. The van der Waals surface area contributed by atoms with Crippen LogP contribution >= 0.6 is 0 Å². The number of allylic oxidation sites excluding steroid dienone is 2. The van der Waals surface area contributed by atoms with E-state index in [4.69, 9.17) is 9.47 Å². The molecule has 1 heterocycles. The van der Waals surface area contributed by atoms with Crippen molar-refractivity contribution in [1.29, 1.82) is 0 Å². The van der Waals surface area contributed by atoms with Crippen LogP contribution in [0.3, 0.4) is 0 Å². The van der Waals surface area contributed by atoms with Gasteiger partial charge >= 0.3 is 0 Å². The van der Waals surface area contributed by atoms with Crippen molar-refractivity contribution >= 4 is 11.5 Å². The maximum absolute atomic E-state index is 11.6. The van der Waals surface area contributed by atoms with Crippen molar-refractivity contribution < 1.29 is 14.3 Å². The average molecular weight is 319 g/mol. The third kappa shape index (κ3) is 2.67. The van der Waals surface area contributed by atoms with Gasteiger partial charge in [0.2, 0.25) is 0 Å². The van der Waals surface area contributed by atoms with E-state index in [9.17, 15) is 4.79 Å². The molecule has 0 N–H and O–H groups in total. The molecule has 1 aliphatic heterocycles. The highest BCUT2D eigenvalue weighted by Crippen LogP contribution is 2.40. The van der Waals surface area contributed by atoms with Crippen molar-refractivity contribution in [2.45, 2.75) is 12.6 Å². The van der Waals surface area contributed by atoms with Crippen LogP contribution in [0.1, 0.15) is 5.56 Å². The van der Waals surface area contributed by atoms with Gasteiger partial charge in [0.25, 0.3) is 0 Å². The fourth-order valence-electron chi connectivity index (χ4n) is 2.94. The van der Waals surface area contributed by atoms with Crippen LogP contribution in [0.5, 0.6) is 11.5 Å². The number of hydrogen-bond donors (Lipinski definition) is 0. The molecule has 120 valence electrons. The van der Waals surface area contributed by atoms with Crippen molar-refractivity contribution in [3.63, 3.8) is 0 Å². The second kappa shape index (κ2) is 5.89. The number of carbonyl (C=O) groups is 1. The number of anilines is 1. The number of rotatable bonds is 3. The third-order valence-electron chi connectivity index (χ3n) is 4.22. The van der Waals surface area contributed by atoms with E-state index in [0.29, 0.717) is 18.1 Å². The predicted molar refractivity (Wildman–Crippen MR) is 92.3 cm³/mol. The van der Waals surface area contributed by atoms with Crippen LogP contribution in [0.2, 0.25) is 0 Å². The Morgan fingerprint density at radius 2 is 2.00 bits per heavy atom. The molecule has 4 rings (SSSR count). The average Bonchev–Trinajstić information content (AvgIpc) is 2.60. The van der Waals surface area contributed by atoms with Gasteiger partial charge in [0.1, 0.15) is 24.2 Å². The summed E-state index contributed by atoms with van der Waals surface area (Å²) in [6, 6.07) is 15.8. The SMILES string of the molecule is CN1c2ccc(OCc3ccccc3)cc2OC2=CC(=O)C=CC21. The Balaban J connectivity index is 1.57. The van der Waals surface area contributed by atoms with E-state index in [1.165, 1.54) is 0 Å². The number of ketones is 1. The lowest BCUT2D eigenvalue weighted by atomic mass is 10.0. The van der Waals surface area contributed by atoms with Gasteiger partial charge in [-0.3, -0.25) is 4.79 Å². The number of carbonyl (C=O) groups excluding carboxylic acids is 1. The lowest BCUT2D eigenvalue weighted by molar-refractivity contribution is -0.110. The van der Waals surface area contributed by atoms with Crippen LogP contribution in [0.15, 0.2) is 72.5 Å². The topological polar surface area (TPSA) is 38.8 Å². The molecule has 1 aliphatic carbocycles. The zero-order chi connectivity index (χ0) is 16.5. The van der Waals surface area contributed by atoms with Crippen LogP contribution in [-0.2, 0) is 11.4 Å². The van der Waals surface area contributed by atoms with Gasteiger partial charge in [0.15, 0.2) is 11.5 Å². The Labute approximate surface area is 140 Å². The standard InChI is InChI=1S/C20H17NO3/c1-21-17-9-7-15(22)11-19(17)24-20-12-16(8-10-18(20)21)23-13-14-5-3-2-4-6-14/h2-12,17H,13H2,1H3. The first-order valence-electron chi connectivity index (χ1n) is 7.86. The van der Waals surface area contributed by atoms with Gasteiger partial charge in [0.05, 0.1) is 5.69 Å². The predicted octanol–water partition coefficient (Wildman–Crippen LogP) is 3.49. The minimum Gasteiger partial charge on any atom is -0.489 e. The Hall–Kier alpha value is -3.01. The van der Waals surface area contributed by atoms with Gasteiger partial charge in [-0.2, -0.15) is 0 Å². The minimum atomic E-state index is -0.0467. The Morgan fingerprint density at radius 3 is 2.83 bits per heavy atom. The highest BCUT2D eigenvalue weighted by Gasteiger charge is 2.30. The molecule has 4 heteroatoms. The second-order valence-corrected chi connectivity index (χ2v) is 5.87. The van der Waals surface area contributed by atoms with Crippen molar-refractivity contribution in [3.8, 4) is 11.5 Å². The van der Waals surface area contributed by atoms with Crippen LogP contribution in [0.25, 0.3) is 0 Å². The number of ether oxygens (including phenoxy) is 2. The van der Waals surface area contributed by atoms with Gasteiger partial charge in [-0.25, -0.2) is 0 Å². The van der Waals surface area contributed by atoms with Gasteiger partial charge in [-0.15, -0.1) is 0 Å². The molecule has 2 aromatic rings. The molecule has 0 amide bonds. The fraction of sp³-hybridized carbons (Fsp3) is 0.150. The highest BCUT2D eigenvalue weighted by atomic mass is 16.5. The summed E-state index contributed by atoms with van der Waals surface area (Å²) in [7, 11) is 1.99. The van der Waals surface area contributed by atoms with Crippen molar-refractivity contribution in [1.82, 2.24) is 0 Å².